The minimum absolute atomic E-state index is 0.0474. The molecule has 1 aromatic carbocycles. The van der Waals surface area contributed by atoms with Crippen LogP contribution in [0.2, 0.25) is 0 Å². The summed E-state index contributed by atoms with van der Waals surface area (Å²) in [7, 11) is 0. The molecule has 3 aliphatic rings. The quantitative estimate of drug-likeness (QED) is 0.621. The summed E-state index contributed by atoms with van der Waals surface area (Å²) in [5.41, 5.74) is -0.130. The van der Waals surface area contributed by atoms with Gasteiger partial charge >= 0.3 is 0 Å². The van der Waals surface area contributed by atoms with E-state index in [1.807, 2.05) is 30.3 Å². The molecule has 0 heterocycles. The molecule has 0 aromatic heterocycles. The summed E-state index contributed by atoms with van der Waals surface area (Å²) in [5, 5.41) is 12.1. The molecule has 3 fully saturated rings. The molecular weight excluding hydrogens is 368 g/mol. The molecule has 1 unspecified atom stereocenters. The van der Waals surface area contributed by atoms with Gasteiger partial charge in [0.2, 0.25) is 0 Å². The third-order valence-electron chi connectivity index (χ3n) is 10.3. The molecule has 2 heteroatoms. The maximum atomic E-state index is 13.6. The van der Waals surface area contributed by atoms with Crippen LogP contribution in [0, 0.1) is 40.4 Å². The van der Waals surface area contributed by atoms with Gasteiger partial charge in [0.1, 0.15) is 5.60 Å². The second-order valence-corrected chi connectivity index (χ2v) is 11.9. The molecule has 1 N–H and O–H groups in total. The van der Waals surface area contributed by atoms with Gasteiger partial charge < -0.3 is 5.11 Å². The van der Waals surface area contributed by atoms with E-state index in [4.69, 9.17) is 0 Å². The standard InChI is InChI=1S/C28H42O2/c1-19-11-12-22-18-24-20(2)13-16-28(30,25(29)17-21-9-7-6-8-10-21)27(24,5)15-14-23(19)26(22,3)4/h6-10,19-20,22-24,30H,11-18H2,1-5H3/t19-,20-,22+,23+,24-,27+,28?/m1/s1. The average molecular weight is 411 g/mol. The Balaban J connectivity index is 1.69. The third-order valence-corrected chi connectivity index (χ3v) is 10.3. The van der Waals surface area contributed by atoms with Crippen LogP contribution in [-0.4, -0.2) is 16.5 Å². The van der Waals surface area contributed by atoms with Crippen LogP contribution in [0.25, 0.3) is 0 Å². The van der Waals surface area contributed by atoms with E-state index in [0.717, 1.165) is 30.7 Å². The van der Waals surface area contributed by atoms with Crippen LogP contribution in [-0.2, 0) is 11.2 Å². The Hall–Kier alpha value is -1.15. The number of carbonyl (C=O) groups is 1. The number of rotatable bonds is 3. The Labute approximate surface area is 183 Å². The molecule has 0 aliphatic heterocycles. The first-order valence-electron chi connectivity index (χ1n) is 12.4. The Morgan fingerprint density at radius 3 is 2.30 bits per heavy atom. The number of carbonyl (C=O) groups excluding carboxylic acids is 1. The first-order chi connectivity index (χ1) is 14.1. The zero-order valence-corrected chi connectivity index (χ0v) is 19.8. The van der Waals surface area contributed by atoms with Gasteiger partial charge in [-0.2, -0.15) is 0 Å². The Bertz CT molecular complexity index is 768. The lowest BCUT2D eigenvalue weighted by atomic mass is 9.45. The van der Waals surface area contributed by atoms with Crippen molar-refractivity contribution in [2.24, 2.45) is 40.4 Å². The van der Waals surface area contributed by atoms with E-state index >= 15 is 0 Å². The third kappa shape index (κ3) is 3.38. The van der Waals surface area contributed by atoms with Crippen molar-refractivity contribution in [3.8, 4) is 0 Å². The van der Waals surface area contributed by atoms with Crippen LogP contribution in [0.15, 0.2) is 30.3 Å². The number of aliphatic hydroxyl groups is 1. The van der Waals surface area contributed by atoms with Crippen LogP contribution in [0.1, 0.15) is 85.1 Å². The monoisotopic (exact) mass is 410 g/mol. The molecule has 166 valence electrons. The SMILES string of the molecule is C[C@@H]1CCC(O)(C(=O)Cc2ccccc2)[C@@]2(C)CC[C@H]3[C@H](C)CC[C@@H](C[C@H]12)C3(C)C. The van der Waals surface area contributed by atoms with E-state index in [-0.39, 0.29) is 11.2 Å². The highest BCUT2D eigenvalue weighted by Gasteiger charge is 2.61. The molecule has 3 saturated carbocycles. The van der Waals surface area contributed by atoms with Crippen molar-refractivity contribution in [1.29, 1.82) is 0 Å². The van der Waals surface area contributed by atoms with Gasteiger partial charge in [-0.15, -0.1) is 0 Å². The summed E-state index contributed by atoms with van der Waals surface area (Å²) in [6.45, 7) is 12.1. The van der Waals surface area contributed by atoms with E-state index in [2.05, 4.69) is 34.6 Å². The van der Waals surface area contributed by atoms with Gasteiger partial charge in [0.15, 0.2) is 5.78 Å². The highest BCUT2D eigenvalue weighted by atomic mass is 16.3. The second-order valence-electron chi connectivity index (χ2n) is 11.9. The van der Waals surface area contributed by atoms with Crippen molar-refractivity contribution in [2.45, 2.75) is 91.6 Å². The summed E-state index contributed by atoms with van der Waals surface area (Å²) in [6, 6.07) is 9.98. The van der Waals surface area contributed by atoms with Crippen LogP contribution < -0.4 is 0 Å². The number of ketones is 1. The van der Waals surface area contributed by atoms with E-state index in [9.17, 15) is 9.90 Å². The van der Waals surface area contributed by atoms with Gasteiger partial charge in [-0.3, -0.25) is 4.79 Å². The minimum Gasteiger partial charge on any atom is -0.381 e. The topological polar surface area (TPSA) is 37.3 Å². The van der Waals surface area contributed by atoms with Gasteiger partial charge in [-0.05, 0) is 79.1 Å². The fourth-order valence-electron chi connectivity index (χ4n) is 8.04. The first-order valence-corrected chi connectivity index (χ1v) is 12.4. The van der Waals surface area contributed by atoms with E-state index in [1.54, 1.807) is 0 Å². The van der Waals surface area contributed by atoms with E-state index in [1.165, 1.54) is 19.3 Å². The summed E-state index contributed by atoms with van der Waals surface area (Å²) in [5.74, 6) is 3.19. The molecule has 3 aliphatic carbocycles. The van der Waals surface area contributed by atoms with E-state index in [0.29, 0.717) is 41.9 Å². The fourth-order valence-corrected chi connectivity index (χ4v) is 8.04. The molecule has 2 nitrogen and oxygen atoms in total. The van der Waals surface area contributed by atoms with E-state index < -0.39 is 5.60 Å². The normalized spacial score (nSPS) is 43.2. The lowest BCUT2D eigenvalue weighted by Crippen LogP contribution is -2.62. The van der Waals surface area contributed by atoms with Crippen molar-refractivity contribution >= 4 is 5.78 Å². The predicted molar refractivity (Wildman–Crippen MR) is 123 cm³/mol. The van der Waals surface area contributed by atoms with Gasteiger partial charge in [-0.1, -0.05) is 71.4 Å². The molecule has 7 atom stereocenters. The predicted octanol–water partition coefficient (Wildman–Crippen LogP) is 6.45. The van der Waals surface area contributed by atoms with Gasteiger partial charge in [-0.25, -0.2) is 0 Å². The maximum absolute atomic E-state index is 13.6. The van der Waals surface area contributed by atoms with Gasteiger partial charge in [0, 0.05) is 11.8 Å². The Kier molecular flexibility index (Phi) is 5.71. The van der Waals surface area contributed by atoms with Crippen molar-refractivity contribution in [3.05, 3.63) is 35.9 Å². The summed E-state index contributed by atoms with van der Waals surface area (Å²) in [6.07, 6.45) is 7.88. The number of fused-ring (bicyclic) bond motifs is 3. The van der Waals surface area contributed by atoms with Crippen LogP contribution >= 0.6 is 0 Å². The number of hydrogen-bond acceptors (Lipinski definition) is 2. The number of benzene rings is 1. The Morgan fingerprint density at radius 1 is 0.933 bits per heavy atom. The molecule has 30 heavy (non-hydrogen) atoms. The fraction of sp³-hybridized carbons (Fsp3) is 0.750. The minimum atomic E-state index is -1.20. The number of Topliss-reactive ketones (excluding diaryl/α,β-unsaturated/α-hetero) is 1. The van der Waals surface area contributed by atoms with Crippen LogP contribution in [0.4, 0.5) is 0 Å². The van der Waals surface area contributed by atoms with Crippen molar-refractivity contribution in [3.63, 3.8) is 0 Å². The smallest absolute Gasteiger partial charge is 0.169 e. The summed E-state index contributed by atoms with van der Waals surface area (Å²) < 4.78 is 0. The molecule has 0 saturated heterocycles. The lowest BCUT2D eigenvalue weighted by Gasteiger charge is -2.61. The highest BCUT2D eigenvalue weighted by molar-refractivity contribution is 5.90. The van der Waals surface area contributed by atoms with Crippen molar-refractivity contribution < 1.29 is 9.90 Å². The highest BCUT2D eigenvalue weighted by Crippen LogP contribution is 2.62. The molecule has 0 amide bonds. The molecule has 0 spiro atoms. The van der Waals surface area contributed by atoms with Gasteiger partial charge in [0.05, 0.1) is 0 Å². The van der Waals surface area contributed by atoms with Crippen LogP contribution in [0.5, 0.6) is 0 Å². The van der Waals surface area contributed by atoms with Crippen LogP contribution in [0.3, 0.4) is 0 Å². The molecule has 1 aromatic rings. The molecule has 0 radical (unpaired) electrons. The summed E-state index contributed by atoms with van der Waals surface area (Å²) >= 11 is 0. The zero-order chi connectivity index (χ0) is 21.7. The number of hydrogen-bond donors (Lipinski definition) is 1. The Morgan fingerprint density at radius 2 is 1.60 bits per heavy atom. The molecule has 4 rings (SSSR count). The largest absolute Gasteiger partial charge is 0.381 e. The zero-order valence-electron chi connectivity index (χ0n) is 19.8. The second kappa shape index (κ2) is 7.76. The lowest BCUT2D eigenvalue weighted by molar-refractivity contribution is -0.189. The molecule has 2 bridgehead atoms. The van der Waals surface area contributed by atoms with Crippen molar-refractivity contribution in [1.82, 2.24) is 0 Å². The summed E-state index contributed by atoms with van der Waals surface area (Å²) in [4.78, 5) is 13.6. The first kappa shape index (κ1) is 22.1. The maximum Gasteiger partial charge on any atom is 0.169 e. The van der Waals surface area contributed by atoms with Crippen molar-refractivity contribution in [2.75, 3.05) is 0 Å². The molecular formula is C28H42O2. The average Bonchev–Trinajstić information content (AvgIpc) is 2.70. The van der Waals surface area contributed by atoms with Gasteiger partial charge in [0.25, 0.3) is 0 Å².